The summed E-state index contributed by atoms with van der Waals surface area (Å²) in [6.07, 6.45) is 1.01. The molecule has 2 unspecified atom stereocenters. The Morgan fingerprint density at radius 2 is 2.22 bits per heavy atom. The van der Waals surface area contributed by atoms with Crippen LogP contribution in [0.2, 0.25) is 0 Å². The van der Waals surface area contributed by atoms with Crippen molar-refractivity contribution in [2.75, 3.05) is 33.4 Å². The van der Waals surface area contributed by atoms with Crippen LogP contribution in [0.3, 0.4) is 0 Å². The molecule has 7 nitrogen and oxygen atoms in total. The number of aliphatic imine (C=N–C) groups is 1. The molecular weight excluding hydrogens is 346 g/mol. The maximum Gasteiger partial charge on any atom is 0.310 e. The van der Waals surface area contributed by atoms with E-state index in [1.807, 2.05) is 32.9 Å². The second-order valence-corrected chi connectivity index (χ2v) is 6.71. The molecule has 2 N–H and O–H groups in total. The van der Waals surface area contributed by atoms with Crippen LogP contribution in [-0.4, -0.2) is 51.4 Å². The third kappa shape index (κ3) is 6.75. The lowest BCUT2D eigenvalue weighted by Gasteiger charge is -2.17. The summed E-state index contributed by atoms with van der Waals surface area (Å²) in [7, 11) is 1.40. The molecule has 0 radical (unpaired) electrons. The molecular formula is C20H31N3O4. The molecule has 0 bridgehead atoms. The van der Waals surface area contributed by atoms with Crippen molar-refractivity contribution in [1.29, 1.82) is 0 Å². The van der Waals surface area contributed by atoms with Crippen LogP contribution >= 0.6 is 0 Å². The molecule has 7 heteroatoms. The highest BCUT2D eigenvalue weighted by Gasteiger charge is 2.19. The Labute approximate surface area is 161 Å². The molecule has 0 aliphatic carbocycles. The molecule has 0 spiro atoms. The largest absolute Gasteiger partial charge is 0.488 e. The van der Waals surface area contributed by atoms with Gasteiger partial charge in [0.2, 0.25) is 0 Å². The molecule has 1 saturated heterocycles. The minimum Gasteiger partial charge on any atom is -0.488 e. The van der Waals surface area contributed by atoms with Gasteiger partial charge in [-0.25, -0.2) is 4.99 Å². The van der Waals surface area contributed by atoms with E-state index >= 15 is 0 Å². The van der Waals surface area contributed by atoms with Crippen molar-refractivity contribution in [3.63, 3.8) is 0 Å². The van der Waals surface area contributed by atoms with Crippen LogP contribution in [0.15, 0.2) is 23.2 Å². The summed E-state index contributed by atoms with van der Waals surface area (Å²) >= 11 is 0. The van der Waals surface area contributed by atoms with Gasteiger partial charge >= 0.3 is 5.97 Å². The Morgan fingerprint density at radius 3 is 2.89 bits per heavy atom. The second kappa shape index (κ2) is 10.8. The van der Waals surface area contributed by atoms with Gasteiger partial charge in [-0.1, -0.05) is 19.1 Å². The molecule has 0 aromatic heterocycles. The molecule has 1 fully saturated rings. The molecule has 2 rings (SSSR count). The van der Waals surface area contributed by atoms with Crippen molar-refractivity contribution in [3.8, 4) is 5.75 Å². The minimum atomic E-state index is -0.250. The van der Waals surface area contributed by atoms with E-state index in [4.69, 9.17) is 14.2 Å². The van der Waals surface area contributed by atoms with Crippen molar-refractivity contribution < 1.29 is 19.0 Å². The zero-order valence-electron chi connectivity index (χ0n) is 16.7. The minimum absolute atomic E-state index is 0.0989. The topological polar surface area (TPSA) is 81.2 Å². The first-order valence-corrected chi connectivity index (χ1v) is 9.47. The fraction of sp³-hybridized carbons (Fsp3) is 0.600. The van der Waals surface area contributed by atoms with Crippen molar-refractivity contribution in [3.05, 3.63) is 29.3 Å². The standard InChI is InChI=1S/C20H31N3O4/c1-5-21-20(22-11-15(3)19(24)25-4)23-12-16-7-6-14(2)10-18(16)27-17-8-9-26-13-17/h6-7,10,15,17H,5,8-9,11-13H2,1-4H3,(H2,21,22,23). The lowest BCUT2D eigenvalue weighted by atomic mass is 10.1. The number of aryl methyl sites for hydroxylation is 1. The number of guanidine groups is 1. The molecule has 150 valence electrons. The highest BCUT2D eigenvalue weighted by atomic mass is 16.5. The number of hydrogen-bond acceptors (Lipinski definition) is 5. The smallest absolute Gasteiger partial charge is 0.310 e. The molecule has 0 amide bonds. The predicted molar refractivity (Wildman–Crippen MR) is 105 cm³/mol. The van der Waals surface area contributed by atoms with Crippen molar-refractivity contribution in [1.82, 2.24) is 10.6 Å². The molecule has 2 atom stereocenters. The van der Waals surface area contributed by atoms with Crippen LogP contribution in [0.4, 0.5) is 0 Å². The third-order valence-corrected chi connectivity index (χ3v) is 4.34. The quantitative estimate of drug-likeness (QED) is 0.410. The fourth-order valence-electron chi connectivity index (χ4n) is 2.73. The maximum atomic E-state index is 11.6. The van der Waals surface area contributed by atoms with Gasteiger partial charge in [-0.3, -0.25) is 4.79 Å². The zero-order valence-corrected chi connectivity index (χ0v) is 16.7. The number of nitrogens with one attached hydrogen (secondary N) is 2. The van der Waals surface area contributed by atoms with Crippen molar-refractivity contribution >= 4 is 11.9 Å². The Hall–Kier alpha value is -2.28. The number of hydrogen-bond donors (Lipinski definition) is 2. The van der Waals surface area contributed by atoms with E-state index in [1.54, 1.807) is 0 Å². The number of ether oxygens (including phenoxy) is 3. The monoisotopic (exact) mass is 377 g/mol. The summed E-state index contributed by atoms with van der Waals surface area (Å²) in [6.45, 7) is 8.91. The van der Waals surface area contributed by atoms with Crippen LogP contribution in [0.1, 0.15) is 31.4 Å². The van der Waals surface area contributed by atoms with Crippen LogP contribution in [0.5, 0.6) is 5.75 Å². The fourth-order valence-corrected chi connectivity index (χ4v) is 2.73. The Balaban J connectivity index is 2.04. The number of rotatable bonds is 8. The van der Waals surface area contributed by atoms with E-state index in [0.717, 1.165) is 36.4 Å². The summed E-state index contributed by atoms with van der Waals surface area (Å²) in [5.74, 6) is 1.02. The van der Waals surface area contributed by atoms with Crippen molar-refractivity contribution in [2.24, 2.45) is 10.9 Å². The number of nitrogens with zero attached hydrogens (tertiary/aromatic N) is 1. The highest BCUT2D eigenvalue weighted by molar-refractivity contribution is 5.80. The van der Waals surface area contributed by atoms with Crippen LogP contribution in [0, 0.1) is 12.8 Å². The van der Waals surface area contributed by atoms with Gasteiger partial charge in [0.15, 0.2) is 5.96 Å². The number of benzene rings is 1. The lowest BCUT2D eigenvalue weighted by Crippen LogP contribution is -2.40. The SMILES string of the molecule is CCNC(=NCc1ccc(C)cc1OC1CCOC1)NCC(C)C(=O)OC. The molecule has 1 aromatic carbocycles. The van der Waals surface area contributed by atoms with Crippen molar-refractivity contribution in [2.45, 2.75) is 39.8 Å². The number of carbonyl (C=O) groups excluding carboxylic acids is 1. The lowest BCUT2D eigenvalue weighted by molar-refractivity contribution is -0.144. The third-order valence-electron chi connectivity index (χ3n) is 4.34. The molecule has 1 aliphatic heterocycles. The highest BCUT2D eigenvalue weighted by Crippen LogP contribution is 2.24. The molecule has 0 saturated carbocycles. The van der Waals surface area contributed by atoms with E-state index in [-0.39, 0.29) is 18.0 Å². The van der Waals surface area contributed by atoms with Gasteiger partial charge in [0, 0.05) is 25.1 Å². The Morgan fingerprint density at radius 1 is 1.41 bits per heavy atom. The number of carbonyl (C=O) groups is 1. The van der Waals surface area contributed by atoms with Gasteiger partial charge in [0.25, 0.3) is 0 Å². The molecule has 1 aliphatic rings. The molecule has 27 heavy (non-hydrogen) atoms. The number of methoxy groups -OCH3 is 1. The first-order valence-electron chi connectivity index (χ1n) is 9.47. The van der Waals surface area contributed by atoms with Gasteiger partial charge < -0.3 is 24.8 Å². The van der Waals surface area contributed by atoms with E-state index in [0.29, 0.717) is 25.7 Å². The number of esters is 1. The molecule has 1 heterocycles. The van der Waals surface area contributed by atoms with Crippen LogP contribution in [-0.2, 0) is 20.8 Å². The van der Waals surface area contributed by atoms with E-state index in [1.165, 1.54) is 7.11 Å². The Kier molecular flexibility index (Phi) is 8.39. The first-order chi connectivity index (χ1) is 13.0. The van der Waals surface area contributed by atoms with Gasteiger partial charge in [-0.05, 0) is 25.5 Å². The van der Waals surface area contributed by atoms with E-state index in [2.05, 4.69) is 21.7 Å². The average Bonchev–Trinajstić information content (AvgIpc) is 3.17. The van der Waals surface area contributed by atoms with E-state index in [9.17, 15) is 4.79 Å². The van der Waals surface area contributed by atoms with E-state index < -0.39 is 0 Å². The maximum absolute atomic E-state index is 11.6. The van der Waals surface area contributed by atoms with Gasteiger partial charge in [0.1, 0.15) is 11.9 Å². The summed E-state index contributed by atoms with van der Waals surface area (Å²) in [5.41, 5.74) is 2.17. The van der Waals surface area contributed by atoms with Gasteiger partial charge in [0.05, 0.1) is 32.8 Å². The zero-order chi connectivity index (χ0) is 19.6. The summed E-state index contributed by atoms with van der Waals surface area (Å²) in [5, 5.41) is 6.38. The van der Waals surface area contributed by atoms with Crippen LogP contribution < -0.4 is 15.4 Å². The Bertz CT molecular complexity index is 642. The molecule has 1 aromatic rings. The summed E-state index contributed by atoms with van der Waals surface area (Å²) < 4.78 is 16.3. The van der Waals surface area contributed by atoms with Gasteiger partial charge in [-0.15, -0.1) is 0 Å². The van der Waals surface area contributed by atoms with Gasteiger partial charge in [-0.2, -0.15) is 0 Å². The summed E-state index contributed by atoms with van der Waals surface area (Å²) in [4.78, 5) is 16.2. The average molecular weight is 377 g/mol. The summed E-state index contributed by atoms with van der Waals surface area (Å²) in [6, 6.07) is 6.15. The normalized spacial score (nSPS) is 18.1. The first kappa shape index (κ1) is 21.0. The second-order valence-electron chi connectivity index (χ2n) is 6.71. The van der Waals surface area contributed by atoms with Crippen LogP contribution in [0.25, 0.3) is 0 Å². The predicted octanol–water partition coefficient (Wildman–Crippen LogP) is 2.03.